The number of rotatable bonds is 1. The summed E-state index contributed by atoms with van der Waals surface area (Å²) >= 11 is 0. The topological polar surface area (TPSA) is 83.4 Å². The van der Waals surface area contributed by atoms with Crippen LogP contribution in [0, 0.1) is 0 Å². The molecule has 0 saturated heterocycles. The third-order valence-corrected chi connectivity index (χ3v) is 4.02. The molecule has 0 radical (unpaired) electrons. The lowest BCUT2D eigenvalue weighted by molar-refractivity contribution is 0.663. The maximum absolute atomic E-state index is 6.02. The van der Waals surface area contributed by atoms with Crippen molar-refractivity contribution in [2.24, 2.45) is 5.73 Å². The highest BCUT2D eigenvalue weighted by Gasteiger charge is 2.26. The number of H-pyrrole nitrogens is 2. The number of nitrogens with zero attached hydrogens (tertiary/aromatic N) is 2. The van der Waals surface area contributed by atoms with Gasteiger partial charge in [0.25, 0.3) is 0 Å². The average molecular weight is 241 g/mol. The summed E-state index contributed by atoms with van der Waals surface area (Å²) in [7, 11) is 0. The van der Waals surface area contributed by atoms with E-state index >= 15 is 0 Å². The highest BCUT2D eigenvalue weighted by Crippen LogP contribution is 2.37. The third-order valence-electron chi connectivity index (χ3n) is 4.02. The highest BCUT2D eigenvalue weighted by molar-refractivity contribution is 6.04. The maximum Gasteiger partial charge on any atom is 0.159 e. The van der Waals surface area contributed by atoms with Crippen LogP contribution in [0.25, 0.3) is 21.9 Å². The lowest BCUT2D eigenvalue weighted by Gasteiger charge is -2.07. The number of aromatic amines is 2. The Morgan fingerprint density at radius 3 is 3.00 bits per heavy atom. The van der Waals surface area contributed by atoms with Crippen molar-refractivity contribution >= 4 is 21.9 Å². The lowest BCUT2D eigenvalue weighted by Crippen LogP contribution is -2.14. The van der Waals surface area contributed by atoms with E-state index in [4.69, 9.17) is 5.73 Å². The summed E-state index contributed by atoms with van der Waals surface area (Å²) in [5.41, 5.74) is 9.15. The molecule has 0 bridgehead atoms. The molecule has 1 unspecified atom stereocenters. The second-order valence-electron chi connectivity index (χ2n) is 5.16. The Bertz CT molecular complexity index is 710. The zero-order valence-electron chi connectivity index (χ0n) is 9.98. The summed E-state index contributed by atoms with van der Waals surface area (Å²) < 4.78 is 0. The van der Waals surface area contributed by atoms with E-state index in [1.165, 1.54) is 11.1 Å². The van der Waals surface area contributed by atoms with Crippen molar-refractivity contribution in [3.8, 4) is 0 Å². The number of nitrogens with two attached hydrogens (primary N) is 1. The van der Waals surface area contributed by atoms with Crippen LogP contribution in [-0.2, 0) is 0 Å². The molecule has 4 N–H and O–H groups in total. The van der Waals surface area contributed by atoms with Crippen molar-refractivity contribution < 1.29 is 0 Å². The molecule has 92 valence electrons. The number of pyridine rings is 1. The van der Waals surface area contributed by atoms with E-state index in [-0.39, 0.29) is 0 Å². The van der Waals surface area contributed by atoms with Crippen molar-refractivity contribution in [3.63, 3.8) is 0 Å². The molecule has 0 aliphatic heterocycles. The average Bonchev–Trinajstić information content (AvgIpc) is 3.03. The molecule has 1 fully saturated rings. The minimum atomic E-state index is 0.337. The minimum Gasteiger partial charge on any atom is -0.328 e. The van der Waals surface area contributed by atoms with E-state index in [1.54, 1.807) is 0 Å². The molecule has 3 aromatic rings. The number of fused-ring (bicyclic) bond motifs is 3. The third kappa shape index (κ3) is 1.31. The van der Waals surface area contributed by atoms with E-state index in [0.29, 0.717) is 12.0 Å². The number of hydrogen-bond donors (Lipinski definition) is 3. The van der Waals surface area contributed by atoms with Gasteiger partial charge in [-0.05, 0) is 25.3 Å². The first-order valence-electron chi connectivity index (χ1n) is 6.38. The Morgan fingerprint density at radius 2 is 2.17 bits per heavy atom. The van der Waals surface area contributed by atoms with Crippen molar-refractivity contribution in [2.45, 2.75) is 31.2 Å². The van der Waals surface area contributed by atoms with Gasteiger partial charge in [-0.2, -0.15) is 0 Å². The lowest BCUT2D eigenvalue weighted by atomic mass is 9.99. The van der Waals surface area contributed by atoms with Gasteiger partial charge in [-0.15, -0.1) is 0 Å². The quantitative estimate of drug-likeness (QED) is 0.609. The first kappa shape index (κ1) is 10.1. The standard InChI is InChI=1S/C13H15N5/c14-8-2-1-7(5-8)12-11-9-3-4-15-13(9)16-6-10(11)17-18-12/h3-4,6-8,17-18H,1-2,5,14H2/t7?,8-/m0/s1. The molecule has 0 amide bonds. The molecule has 5 nitrogen and oxygen atoms in total. The summed E-state index contributed by atoms with van der Waals surface area (Å²) in [6, 6.07) is 2.37. The van der Waals surface area contributed by atoms with Gasteiger partial charge in [-0.3, -0.25) is 5.10 Å². The molecule has 4 rings (SSSR count). The van der Waals surface area contributed by atoms with Crippen LogP contribution in [0.2, 0.25) is 0 Å². The Kier molecular flexibility index (Phi) is 1.99. The fraction of sp³-hybridized carbons (Fsp3) is 0.385. The normalized spacial score (nSPS) is 24.3. The molecule has 1 aliphatic rings. The maximum atomic E-state index is 6.02. The SMILES string of the molecule is N[C@H]1CCC(c2[nH][nH]c3cnc4nccc4c23)C1. The highest BCUT2D eigenvalue weighted by atomic mass is 15.1. The van der Waals surface area contributed by atoms with Gasteiger partial charge < -0.3 is 10.8 Å². The molecular weight excluding hydrogens is 226 g/mol. The van der Waals surface area contributed by atoms with Crippen LogP contribution in [0.1, 0.15) is 30.9 Å². The van der Waals surface area contributed by atoms with Crippen molar-refractivity contribution in [3.05, 3.63) is 24.2 Å². The summed E-state index contributed by atoms with van der Waals surface area (Å²) in [6.45, 7) is 0. The number of hydrogen-bond acceptors (Lipinski definition) is 3. The molecule has 18 heavy (non-hydrogen) atoms. The predicted molar refractivity (Wildman–Crippen MR) is 70.3 cm³/mol. The van der Waals surface area contributed by atoms with Crippen LogP contribution in [0.15, 0.2) is 18.5 Å². The van der Waals surface area contributed by atoms with Crippen LogP contribution >= 0.6 is 0 Å². The first-order valence-corrected chi connectivity index (χ1v) is 6.38. The van der Waals surface area contributed by atoms with E-state index < -0.39 is 0 Å². The smallest absolute Gasteiger partial charge is 0.159 e. The molecule has 2 atom stereocenters. The summed E-state index contributed by atoms with van der Waals surface area (Å²) in [5.74, 6) is 0.522. The van der Waals surface area contributed by atoms with Gasteiger partial charge in [0.1, 0.15) is 0 Å². The molecule has 0 aromatic carbocycles. The van der Waals surface area contributed by atoms with Gasteiger partial charge in [0, 0.05) is 34.6 Å². The molecule has 3 heterocycles. The molecule has 1 saturated carbocycles. The minimum absolute atomic E-state index is 0.337. The molecule has 5 heteroatoms. The second kappa shape index (κ2) is 3.55. The van der Waals surface area contributed by atoms with Crippen molar-refractivity contribution in [1.29, 1.82) is 0 Å². The van der Waals surface area contributed by atoms with Crippen molar-refractivity contribution in [1.82, 2.24) is 20.2 Å². The first-order chi connectivity index (χ1) is 8.83. The van der Waals surface area contributed by atoms with Gasteiger partial charge in [0.05, 0.1) is 11.7 Å². The van der Waals surface area contributed by atoms with Gasteiger partial charge >= 0.3 is 0 Å². The zero-order valence-corrected chi connectivity index (χ0v) is 9.98. The Morgan fingerprint density at radius 1 is 1.22 bits per heavy atom. The van der Waals surface area contributed by atoms with Gasteiger partial charge in [-0.25, -0.2) is 9.97 Å². The number of aromatic nitrogens is 4. The zero-order chi connectivity index (χ0) is 12.1. The van der Waals surface area contributed by atoms with Crippen LogP contribution < -0.4 is 5.73 Å². The molecule has 1 aliphatic carbocycles. The van der Waals surface area contributed by atoms with Gasteiger partial charge in [-0.1, -0.05) is 0 Å². The Hall–Kier alpha value is -1.88. The van der Waals surface area contributed by atoms with Gasteiger partial charge in [0.2, 0.25) is 0 Å². The second-order valence-corrected chi connectivity index (χ2v) is 5.16. The van der Waals surface area contributed by atoms with Gasteiger partial charge in [0.15, 0.2) is 5.65 Å². The number of nitrogens with one attached hydrogen (secondary N) is 2. The molecule has 3 aromatic heterocycles. The summed E-state index contributed by atoms with van der Waals surface area (Å²) in [4.78, 5) is 8.60. The van der Waals surface area contributed by atoms with Crippen LogP contribution in [0.3, 0.4) is 0 Å². The largest absolute Gasteiger partial charge is 0.328 e. The fourth-order valence-corrected chi connectivity index (χ4v) is 3.13. The van der Waals surface area contributed by atoms with Crippen LogP contribution in [0.5, 0.6) is 0 Å². The summed E-state index contributed by atoms with van der Waals surface area (Å²) in [6.07, 6.45) is 6.98. The van der Waals surface area contributed by atoms with Crippen molar-refractivity contribution in [2.75, 3.05) is 0 Å². The van der Waals surface area contributed by atoms with E-state index in [2.05, 4.69) is 20.2 Å². The van der Waals surface area contributed by atoms with E-state index in [0.717, 1.165) is 35.8 Å². The van der Waals surface area contributed by atoms with Crippen LogP contribution in [-0.4, -0.2) is 26.2 Å². The Balaban J connectivity index is 1.97. The summed E-state index contributed by atoms with van der Waals surface area (Å²) in [5, 5.41) is 8.87. The monoisotopic (exact) mass is 241 g/mol. The van der Waals surface area contributed by atoms with Crippen LogP contribution in [0.4, 0.5) is 0 Å². The Labute approximate surface area is 104 Å². The fourth-order valence-electron chi connectivity index (χ4n) is 3.13. The van der Waals surface area contributed by atoms with E-state index in [9.17, 15) is 0 Å². The molecular formula is C13H15N5. The van der Waals surface area contributed by atoms with E-state index in [1.807, 2.05) is 18.5 Å². The molecule has 0 spiro atoms. The predicted octanol–water partition coefficient (Wildman–Crippen LogP) is 2.03.